The molecule has 0 aliphatic carbocycles. The van der Waals surface area contributed by atoms with E-state index in [9.17, 15) is 9.59 Å². The number of amides is 2. The molecule has 0 saturated carbocycles. The fourth-order valence-electron chi connectivity index (χ4n) is 2.29. The van der Waals surface area contributed by atoms with Gasteiger partial charge in [0, 0.05) is 17.6 Å². The summed E-state index contributed by atoms with van der Waals surface area (Å²) in [4.78, 5) is 28.0. The van der Waals surface area contributed by atoms with Crippen LogP contribution < -0.4 is 10.6 Å². The van der Waals surface area contributed by atoms with E-state index in [4.69, 9.17) is 16.0 Å². The lowest BCUT2D eigenvalue weighted by Crippen LogP contribution is -2.15. The average molecular weight is 370 g/mol. The molecule has 7 heteroatoms. The molecule has 0 aliphatic rings. The first-order chi connectivity index (χ1) is 12.5. The molecule has 1 aromatic carbocycles. The van der Waals surface area contributed by atoms with Crippen molar-refractivity contribution >= 4 is 34.8 Å². The second-order valence-electron chi connectivity index (χ2n) is 5.66. The van der Waals surface area contributed by atoms with Crippen molar-refractivity contribution in [3.05, 3.63) is 77.0 Å². The van der Waals surface area contributed by atoms with E-state index < -0.39 is 0 Å². The van der Waals surface area contributed by atoms with Crippen LogP contribution in [0.3, 0.4) is 0 Å². The Morgan fingerprint density at radius 1 is 1.00 bits per heavy atom. The molecule has 3 rings (SSSR count). The minimum atomic E-state index is -0.329. The molecule has 132 valence electrons. The summed E-state index contributed by atoms with van der Waals surface area (Å²) in [6.07, 6.45) is 1.76. The zero-order valence-corrected chi connectivity index (χ0v) is 14.7. The first-order valence-corrected chi connectivity index (χ1v) is 8.25. The van der Waals surface area contributed by atoms with Gasteiger partial charge in [0.05, 0.1) is 6.42 Å². The monoisotopic (exact) mass is 369 g/mol. The molecule has 6 nitrogen and oxygen atoms in total. The molecule has 2 aromatic heterocycles. The van der Waals surface area contributed by atoms with Crippen molar-refractivity contribution in [3.63, 3.8) is 0 Å². The predicted molar refractivity (Wildman–Crippen MR) is 99.4 cm³/mol. The summed E-state index contributed by atoms with van der Waals surface area (Å²) in [5.41, 5.74) is 2.00. The Balaban J connectivity index is 1.56. The molecule has 0 fully saturated rings. The van der Waals surface area contributed by atoms with E-state index in [-0.39, 0.29) is 24.0 Å². The number of furan rings is 1. The van der Waals surface area contributed by atoms with E-state index in [0.717, 1.165) is 5.56 Å². The number of anilines is 2. The van der Waals surface area contributed by atoms with Crippen LogP contribution in [-0.4, -0.2) is 16.8 Å². The molecular formula is C19H16ClN3O3. The van der Waals surface area contributed by atoms with Gasteiger partial charge in [-0.15, -0.1) is 0 Å². The van der Waals surface area contributed by atoms with Crippen molar-refractivity contribution in [1.29, 1.82) is 0 Å². The first kappa shape index (κ1) is 17.7. The summed E-state index contributed by atoms with van der Waals surface area (Å²) in [7, 11) is 0. The van der Waals surface area contributed by atoms with Gasteiger partial charge in [-0.05, 0) is 55.0 Å². The molecule has 0 bridgehead atoms. The Labute approximate surface area is 155 Å². The number of carbonyl (C=O) groups is 2. The summed E-state index contributed by atoms with van der Waals surface area (Å²) in [5.74, 6) is 0.419. The van der Waals surface area contributed by atoms with Crippen LogP contribution in [0.25, 0.3) is 0 Å². The molecule has 0 radical (unpaired) electrons. The highest BCUT2D eigenvalue weighted by molar-refractivity contribution is 6.29. The maximum absolute atomic E-state index is 12.1. The molecule has 2 amide bonds. The van der Waals surface area contributed by atoms with Gasteiger partial charge in [-0.3, -0.25) is 9.59 Å². The van der Waals surface area contributed by atoms with E-state index in [0.29, 0.717) is 22.3 Å². The van der Waals surface area contributed by atoms with Gasteiger partial charge in [-0.2, -0.15) is 0 Å². The summed E-state index contributed by atoms with van der Waals surface area (Å²) < 4.78 is 5.28. The summed E-state index contributed by atoms with van der Waals surface area (Å²) in [6.45, 7) is 1.77. The van der Waals surface area contributed by atoms with Crippen LogP contribution in [-0.2, 0) is 11.2 Å². The van der Waals surface area contributed by atoms with Crippen LogP contribution in [0, 0.1) is 6.92 Å². The Hall–Kier alpha value is -3.12. The highest BCUT2D eigenvalue weighted by Gasteiger charge is 2.10. The molecule has 0 aliphatic heterocycles. The third-order valence-electron chi connectivity index (χ3n) is 3.54. The van der Waals surface area contributed by atoms with Gasteiger partial charge in [-0.25, -0.2) is 4.98 Å². The van der Waals surface area contributed by atoms with Gasteiger partial charge in [0.2, 0.25) is 5.91 Å². The maximum atomic E-state index is 12.1. The lowest BCUT2D eigenvalue weighted by Gasteiger charge is -2.07. The number of nitrogens with one attached hydrogen (secondary N) is 2. The highest BCUT2D eigenvalue weighted by atomic mass is 35.5. The van der Waals surface area contributed by atoms with Gasteiger partial charge in [0.15, 0.2) is 5.76 Å². The Morgan fingerprint density at radius 2 is 1.69 bits per heavy atom. The van der Waals surface area contributed by atoms with Gasteiger partial charge in [0.25, 0.3) is 5.91 Å². The van der Waals surface area contributed by atoms with Crippen molar-refractivity contribution in [3.8, 4) is 0 Å². The molecule has 0 saturated heterocycles. The average Bonchev–Trinajstić information content (AvgIpc) is 3.05. The molecule has 2 heterocycles. The molecule has 0 atom stereocenters. The van der Waals surface area contributed by atoms with Crippen LogP contribution in [0.5, 0.6) is 0 Å². The third kappa shape index (κ3) is 4.70. The second-order valence-corrected chi connectivity index (χ2v) is 6.04. The number of hydrogen-bond donors (Lipinski definition) is 2. The zero-order valence-electron chi connectivity index (χ0n) is 14.0. The quantitative estimate of drug-likeness (QED) is 0.664. The van der Waals surface area contributed by atoms with Crippen LogP contribution in [0.1, 0.15) is 21.9 Å². The molecule has 0 spiro atoms. The topological polar surface area (TPSA) is 84.2 Å². The number of hydrogen-bond acceptors (Lipinski definition) is 4. The SMILES string of the molecule is Cc1ccc(C(=O)Nc2ccc(NC(=O)Cc3ccc(Cl)nc3)cc2)o1. The Kier molecular flexibility index (Phi) is 5.34. The lowest BCUT2D eigenvalue weighted by molar-refractivity contribution is -0.115. The second kappa shape index (κ2) is 7.84. The lowest BCUT2D eigenvalue weighted by atomic mass is 10.2. The van der Waals surface area contributed by atoms with Crippen molar-refractivity contribution in [1.82, 2.24) is 4.98 Å². The standard InChI is InChI=1S/C19H16ClN3O3/c1-12-2-8-16(26-12)19(25)23-15-6-4-14(5-7-15)22-18(24)10-13-3-9-17(20)21-11-13/h2-9,11H,10H2,1H3,(H,22,24)(H,23,25). The number of nitrogens with zero attached hydrogens (tertiary/aromatic N) is 1. The van der Waals surface area contributed by atoms with Gasteiger partial charge >= 0.3 is 0 Å². The van der Waals surface area contributed by atoms with Crippen LogP contribution >= 0.6 is 11.6 Å². The summed E-state index contributed by atoms with van der Waals surface area (Å²) in [5, 5.41) is 5.91. The Morgan fingerprint density at radius 3 is 2.27 bits per heavy atom. The number of benzene rings is 1. The predicted octanol–water partition coefficient (Wildman–Crippen LogP) is 4.07. The maximum Gasteiger partial charge on any atom is 0.291 e. The number of pyridine rings is 1. The molecule has 3 aromatic rings. The zero-order chi connectivity index (χ0) is 18.5. The van der Waals surface area contributed by atoms with E-state index >= 15 is 0 Å². The van der Waals surface area contributed by atoms with Crippen LogP contribution in [0.4, 0.5) is 11.4 Å². The Bertz CT molecular complexity index is 918. The molecule has 2 N–H and O–H groups in total. The third-order valence-corrected chi connectivity index (χ3v) is 3.77. The smallest absolute Gasteiger partial charge is 0.291 e. The van der Waals surface area contributed by atoms with Crippen molar-refractivity contribution < 1.29 is 14.0 Å². The number of aryl methyl sites for hydroxylation is 1. The molecule has 0 unspecified atom stereocenters. The van der Waals surface area contributed by atoms with Crippen molar-refractivity contribution in [2.75, 3.05) is 10.6 Å². The molecule has 26 heavy (non-hydrogen) atoms. The number of aromatic nitrogens is 1. The van der Waals surface area contributed by atoms with Gasteiger partial charge < -0.3 is 15.1 Å². The van der Waals surface area contributed by atoms with E-state index in [1.807, 2.05) is 0 Å². The fraction of sp³-hybridized carbons (Fsp3) is 0.105. The minimum absolute atomic E-state index is 0.169. The summed E-state index contributed by atoms with van der Waals surface area (Å²) in [6, 6.07) is 13.6. The van der Waals surface area contributed by atoms with Crippen molar-refractivity contribution in [2.45, 2.75) is 13.3 Å². The minimum Gasteiger partial charge on any atom is -0.456 e. The number of rotatable bonds is 5. The van der Waals surface area contributed by atoms with Crippen LogP contribution in [0.15, 0.2) is 59.1 Å². The van der Waals surface area contributed by atoms with E-state index in [1.54, 1.807) is 61.7 Å². The van der Waals surface area contributed by atoms with E-state index in [2.05, 4.69) is 15.6 Å². The number of carbonyl (C=O) groups excluding carboxylic acids is 2. The summed E-state index contributed by atoms with van der Waals surface area (Å²) >= 11 is 5.72. The fourth-order valence-corrected chi connectivity index (χ4v) is 2.40. The number of halogens is 1. The normalized spacial score (nSPS) is 10.4. The van der Waals surface area contributed by atoms with Gasteiger partial charge in [0.1, 0.15) is 10.9 Å². The van der Waals surface area contributed by atoms with Gasteiger partial charge in [-0.1, -0.05) is 17.7 Å². The van der Waals surface area contributed by atoms with Crippen molar-refractivity contribution in [2.24, 2.45) is 0 Å². The molecular weight excluding hydrogens is 354 g/mol. The van der Waals surface area contributed by atoms with Crippen LogP contribution in [0.2, 0.25) is 5.15 Å². The highest BCUT2D eigenvalue weighted by Crippen LogP contribution is 2.16. The van der Waals surface area contributed by atoms with E-state index in [1.165, 1.54) is 0 Å². The first-order valence-electron chi connectivity index (χ1n) is 7.88. The largest absolute Gasteiger partial charge is 0.456 e.